The van der Waals surface area contributed by atoms with Crippen molar-refractivity contribution in [2.45, 2.75) is 33.2 Å². The van der Waals surface area contributed by atoms with Crippen molar-refractivity contribution in [1.29, 1.82) is 5.26 Å². The van der Waals surface area contributed by atoms with Crippen LogP contribution in [0.25, 0.3) is 0 Å². The number of nitrogens with one attached hydrogen (secondary N) is 1. The minimum Gasteiger partial charge on any atom is -0.352 e. The first kappa shape index (κ1) is 14.2. The number of carbonyl (C=O) groups excluding carboxylic acids is 1. The summed E-state index contributed by atoms with van der Waals surface area (Å²) >= 11 is 0. The van der Waals surface area contributed by atoms with Gasteiger partial charge in [-0.2, -0.15) is 5.26 Å². The van der Waals surface area contributed by atoms with Crippen molar-refractivity contribution in [1.82, 2.24) is 5.32 Å². The van der Waals surface area contributed by atoms with Crippen molar-refractivity contribution >= 4 is 5.91 Å². The first-order chi connectivity index (χ1) is 8.61. The van der Waals surface area contributed by atoms with E-state index < -0.39 is 0 Å². The average Bonchev–Trinajstić information content (AvgIpc) is 2.36. The first-order valence-corrected chi connectivity index (χ1v) is 6.32. The van der Waals surface area contributed by atoms with E-state index in [0.29, 0.717) is 18.9 Å². The van der Waals surface area contributed by atoms with Gasteiger partial charge in [0.2, 0.25) is 5.91 Å². The molecule has 0 aliphatic carbocycles. The van der Waals surface area contributed by atoms with Crippen LogP contribution in [0, 0.1) is 23.2 Å². The summed E-state index contributed by atoms with van der Waals surface area (Å²) in [6.45, 7) is 4.65. The maximum Gasteiger partial charge on any atom is 0.221 e. The van der Waals surface area contributed by atoms with Gasteiger partial charge in [0.25, 0.3) is 0 Å². The van der Waals surface area contributed by atoms with Gasteiger partial charge < -0.3 is 5.32 Å². The van der Waals surface area contributed by atoms with E-state index in [9.17, 15) is 4.79 Å². The molecule has 0 aliphatic heterocycles. The summed E-state index contributed by atoms with van der Waals surface area (Å²) in [5.74, 6) is 0.211. The molecule has 0 aliphatic rings. The van der Waals surface area contributed by atoms with Gasteiger partial charge in [0.1, 0.15) is 0 Å². The quantitative estimate of drug-likeness (QED) is 0.836. The number of hydrogen-bond donors (Lipinski definition) is 1. The van der Waals surface area contributed by atoms with Crippen LogP contribution in [0.5, 0.6) is 0 Å². The molecule has 0 saturated carbocycles. The van der Waals surface area contributed by atoms with Gasteiger partial charge in [-0.25, -0.2) is 0 Å². The fraction of sp³-hybridized carbons (Fsp3) is 0.467. The second-order valence-electron chi connectivity index (χ2n) is 4.92. The third-order valence-electron chi connectivity index (χ3n) is 2.70. The Balaban J connectivity index is 2.35. The number of rotatable bonds is 6. The van der Waals surface area contributed by atoms with E-state index in [4.69, 9.17) is 5.26 Å². The molecule has 0 radical (unpaired) electrons. The molecule has 1 N–H and O–H groups in total. The molecule has 1 rings (SSSR count). The number of hydrogen-bond acceptors (Lipinski definition) is 2. The second-order valence-corrected chi connectivity index (χ2v) is 4.92. The Morgan fingerprint density at radius 2 is 2.00 bits per heavy atom. The lowest BCUT2D eigenvalue weighted by Crippen LogP contribution is -2.25. The number of carbonyl (C=O) groups is 1. The van der Waals surface area contributed by atoms with Gasteiger partial charge in [-0.3, -0.25) is 4.79 Å². The number of benzene rings is 1. The molecule has 1 atom stereocenters. The molecule has 0 fully saturated rings. The van der Waals surface area contributed by atoms with E-state index in [1.807, 2.05) is 30.3 Å². The maximum atomic E-state index is 11.7. The van der Waals surface area contributed by atoms with Crippen LogP contribution in [-0.4, -0.2) is 5.91 Å². The van der Waals surface area contributed by atoms with Gasteiger partial charge in [0.05, 0.1) is 12.0 Å². The molecular formula is C15H20N2O. The summed E-state index contributed by atoms with van der Waals surface area (Å²) in [5.41, 5.74) is 1.07. The summed E-state index contributed by atoms with van der Waals surface area (Å²) in [4.78, 5) is 11.7. The predicted molar refractivity (Wildman–Crippen MR) is 71.5 cm³/mol. The minimum atomic E-state index is -0.180. The van der Waals surface area contributed by atoms with E-state index in [2.05, 4.69) is 25.2 Å². The Kier molecular flexibility index (Phi) is 5.93. The highest BCUT2D eigenvalue weighted by atomic mass is 16.1. The van der Waals surface area contributed by atoms with Crippen molar-refractivity contribution in [2.24, 2.45) is 11.8 Å². The Morgan fingerprint density at radius 3 is 2.56 bits per heavy atom. The molecular weight excluding hydrogens is 224 g/mol. The summed E-state index contributed by atoms with van der Waals surface area (Å²) < 4.78 is 0. The fourth-order valence-electron chi connectivity index (χ4n) is 1.84. The molecule has 3 heteroatoms. The van der Waals surface area contributed by atoms with Gasteiger partial charge >= 0.3 is 0 Å². The van der Waals surface area contributed by atoms with Gasteiger partial charge in [0, 0.05) is 13.0 Å². The third kappa shape index (κ3) is 5.49. The molecule has 1 unspecified atom stereocenters. The smallest absolute Gasteiger partial charge is 0.221 e. The normalized spacial score (nSPS) is 11.9. The van der Waals surface area contributed by atoms with Gasteiger partial charge in [-0.1, -0.05) is 44.2 Å². The fourth-order valence-corrected chi connectivity index (χ4v) is 1.84. The predicted octanol–water partition coefficient (Wildman–Crippen LogP) is 2.88. The first-order valence-electron chi connectivity index (χ1n) is 6.32. The SMILES string of the molecule is CC(C)CC(C#N)CC(=O)NCc1ccccc1. The molecule has 1 aromatic rings. The Labute approximate surface area is 109 Å². The van der Waals surface area contributed by atoms with Crippen LogP contribution in [0.2, 0.25) is 0 Å². The Morgan fingerprint density at radius 1 is 1.33 bits per heavy atom. The highest BCUT2D eigenvalue weighted by Gasteiger charge is 2.14. The molecule has 96 valence electrons. The van der Waals surface area contributed by atoms with Crippen LogP contribution in [0.1, 0.15) is 32.3 Å². The molecule has 0 bridgehead atoms. The molecule has 0 spiro atoms. The standard InChI is InChI=1S/C15H20N2O/c1-12(2)8-14(10-16)9-15(18)17-11-13-6-4-3-5-7-13/h3-7,12,14H,8-9,11H2,1-2H3,(H,17,18). The molecule has 1 aromatic carbocycles. The van der Waals surface area contributed by atoms with Crippen molar-refractivity contribution in [2.75, 3.05) is 0 Å². The lowest BCUT2D eigenvalue weighted by molar-refractivity contribution is -0.121. The zero-order chi connectivity index (χ0) is 13.4. The summed E-state index contributed by atoms with van der Waals surface area (Å²) in [5, 5.41) is 11.8. The van der Waals surface area contributed by atoms with Crippen molar-refractivity contribution < 1.29 is 4.79 Å². The Hall–Kier alpha value is -1.82. The van der Waals surface area contributed by atoms with E-state index in [1.54, 1.807) is 0 Å². The maximum absolute atomic E-state index is 11.7. The average molecular weight is 244 g/mol. The summed E-state index contributed by atoms with van der Waals surface area (Å²) in [7, 11) is 0. The topological polar surface area (TPSA) is 52.9 Å². The largest absolute Gasteiger partial charge is 0.352 e. The van der Waals surface area contributed by atoms with Crippen LogP contribution in [-0.2, 0) is 11.3 Å². The van der Waals surface area contributed by atoms with Crippen molar-refractivity contribution in [3.05, 3.63) is 35.9 Å². The van der Waals surface area contributed by atoms with E-state index in [1.165, 1.54) is 0 Å². The monoisotopic (exact) mass is 244 g/mol. The summed E-state index contributed by atoms with van der Waals surface area (Å²) in [6.07, 6.45) is 1.07. The molecule has 3 nitrogen and oxygen atoms in total. The van der Waals surface area contributed by atoms with Crippen molar-refractivity contribution in [3.63, 3.8) is 0 Å². The third-order valence-corrected chi connectivity index (χ3v) is 2.70. The Bertz CT molecular complexity index is 406. The molecule has 0 aromatic heterocycles. The second kappa shape index (κ2) is 7.50. The molecule has 0 heterocycles. The van der Waals surface area contributed by atoms with Crippen LogP contribution >= 0.6 is 0 Å². The zero-order valence-electron chi connectivity index (χ0n) is 11.0. The van der Waals surface area contributed by atoms with Gasteiger partial charge in [0.15, 0.2) is 0 Å². The zero-order valence-corrected chi connectivity index (χ0v) is 11.0. The van der Waals surface area contributed by atoms with Gasteiger partial charge in [-0.15, -0.1) is 0 Å². The number of nitriles is 1. The highest BCUT2D eigenvalue weighted by Crippen LogP contribution is 2.14. The van der Waals surface area contributed by atoms with Crippen LogP contribution in [0.4, 0.5) is 0 Å². The molecule has 1 amide bonds. The lowest BCUT2D eigenvalue weighted by Gasteiger charge is -2.11. The van der Waals surface area contributed by atoms with Crippen LogP contribution in [0.15, 0.2) is 30.3 Å². The van der Waals surface area contributed by atoms with Crippen molar-refractivity contribution in [3.8, 4) is 6.07 Å². The summed E-state index contributed by atoms with van der Waals surface area (Å²) in [6, 6.07) is 12.0. The highest BCUT2D eigenvalue weighted by molar-refractivity contribution is 5.76. The van der Waals surface area contributed by atoms with Gasteiger partial charge in [-0.05, 0) is 17.9 Å². The minimum absolute atomic E-state index is 0.0500. The lowest BCUT2D eigenvalue weighted by atomic mass is 9.95. The molecule has 18 heavy (non-hydrogen) atoms. The number of nitrogens with zero attached hydrogens (tertiary/aromatic N) is 1. The van der Waals surface area contributed by atoms with Crippen LogP contribution in [0.3, 0.4) is 0 Å². The molecule has 0 saturated heterocycles. The van der Waals surface area contributed by atoms with E-state index >= 15 is 0 Å². The number of amides is 1. The van der Waals surface area contributed by atoms with Crippen LogP contribution < -0.4 is 5.32 Å². The van der Waals surface area contributed by atoms with E-state index in [-0.39, 0.29) is 11.8 Å². The van der Waals surface area contributed by atoms with E-state index in [0.717, 1.165) is 12.0 Å².